The molecule has 132 valence electrons. The van der Waals surface area contributed by atoms with Crippen LogP contribution in [0.5, 0.6) is 0 Å². The first-order valence-electron chi connectivity index (χ1n) is 7.91. The van der Waals surface area contributed by atoms with Crippen molar-refractivity contribution in [2.75, 3.05) is 6.61 Å². The topological polar surface area (TPSA) is 116 Å². The summed E-state index contributed by atoms with van der Waals surface area (Å²) in [6, 6.07) is 0. The highest BCUT2D eigenvalue weighted by Crippen LogP contribution is 2.58. The summed E-state index contributed by atoms with van der Waals surface area (Å²) in [7, 11) is 0. The Bertz CT molecular complexity index is 604. The summed E-state index contributed by atoms with van der Waals surface area (Å²) >= 11 is 0. The maximum atomic E-state index is 12.0. The molecule has 1 heterocycles. The lowest BCUT2D eigenvalue weighted by molar-refractivity contribution is -0.174. The monoisotopic (exact) mass is 340 g/mol. The standard InChI is InChI=1S/C16H20O8/c1-16(2,3)15(21)22-5-8(17)23-11-6-4-7-10(9(6)13(18)19)14(20)24-12(7)11/h6-7,9-12H,4-5H2,1-3H3,(H,18,19). The van der Waals surface area contributed by atoms with Gasteiger partial charge in [0.2, 0.25) is 0 Å². The number of rotatable bonds is 4. The van der Waals surface area contributed by atoms with Gasteiger partial charge in [0.25, 0.3) is 0 Å². The van der Waals surface area contributed by atoms with Crippen molar-refractivity contribution in [1.82, 2.24) is 0 Å². The van der Waals surface area contributed by atoms with Crippen molar-refractivity contribution in [3.8, 4) is 0 Å². The molecule has 8 heteroatoms. The van der Waals surface area contributed by atoms with E-state index in [2.05, 4.69) is 0 Å². The summed E-state index contributed by atoms with van der Waals surface area (Å²) in [5, 5.41) is 9.37. The minimum atomic E-state index is -1.08. The third-order valence-corrected chi connectivity index (χ3v) is 5.03. The predicted octanol–water partition coefficient (Wildman–Crippen LogP) is 0.380. The van der Waals surface area contributed by atoms with Crippen LogP contribution < -0.4 is 0 Å². The van der Waals surface area contributed by atoms with Crippen molar-refractivity contribution in [2.45, 2.75) is 39.4 Å². The van der Waals surface area contributed by atoms with Crippen LogP contribution in [0.3, 0.4) is 0 Å². The molecule has 1 aliphatic heterocycles. The Morgan fingerprint density at radius 1 is 1.25 bits per heavy atom. The maximum Gasteiger partial charge on any atom is 0.344 e. The highest BCUT2D eigenvalue weighted by atomic mass is 16.6. The van der Waals surface area contributed by atoms with Gasteiger partial charge < -0.3 is 19.3 Å². The Balaban J connectivity index is 1.64. The van der Waals surface area contributed by atoms with E-state index < -0.39 is 65.9 Å². The molecule has 3 fully saturated rings. The molecule has 2 bridgehead atoms. The molecule has 2 aliphatic carbocycles. The number of ether oxygens (including phenoxy) is 3. The largest absolute Gasteiger partial charge is 0.481 e. The van der Waals surface area contributed by atoms with Gasteiger partial charge in [-0.3, -0.25) is 14.4 Å². The van der Waals surface area contributed by atoms with E-state index in [1.807, 2.05) is 0 Å². The van der Waals surface area contributed by atoms with E-state index in [9.17, 15) is 24.3 Å². The molecule has 2 saturated carbocycles. The summed E-state index contributed by atoms with van der Waals surface area (Å²) < 4.78 is 15.4. The van der Waals surface area contributed by atoms with Crippen LogP contribution in [0.2, 0.25) is 0 Å². The molecule has 0 aromatic heterocycles. The lowest BCUT2D eigenvalue weighted by Crippen LogP contribution is -2.43. The first-order chi connectivity index (χ1) is 11.1. The number of hydrogen-bond acceptors (Lipinski definition) is 7. The Hall–Kier alpha value is -2.12. The second-order valence-corrected chi connectivity index (χ2v) is 7.64. The van der Waals surface area contributed by atoms with Gasteiger partial charge in [0, 0.05) is 11.8 Å². The van der Waals surface area contributed by atoms with Gasteiger partial charge in [-0.15, -0.1) is 0 Å². The fourth-order valence-electron chi connectivity index (χ4n) is 4.01. The Kier molecular flexibility index (Phi) is 3.80. The van der Waals surface area contributed by atoms with Crippen LogP contribution in [0.25, 0.3) is 0 Å². The number of esters is 3. The highest BCUT2D eigenvalue weighted by molar-refractivity contribution is 5.85. The van der Waals surface area contributed by atoms with Gasteiger partial charge in [0.05, 0.1) is 17.3 Å². The minimum Gasteiger partial charge on any atom is -0.481 e. The molecular weight excluding hydrogens is 320 g/mol. The number of aliphatic carboxylic acids is 1. The van der Waals surface area contributed by atoms with Crippen molar-refractivity contribution in [3.63, 3.8) is 0 Å². The van der Waals surface area contributed by atoms with E-state index in [1.165, 1.54) is 0 Å². The van der Waals surface area contributed by atoms with E-state index in [0.717, 1.165) is 0 Å². The number of carboxylic acid groups (broad SMARTS) is 1. The molecule has 3 rings (SSSR count). The van der Waals surface area contributed by atoms with Crippen molar-refractivity contribution in [2.24, 2.45) is 29.1 Å². The molecule has 0 aromatic carbocycles. The zero-order valence-corrected chi connectivity index (χ0v) is 13.7. The van der Waals surface area contributed by atoms with E-state index in [0.29, 0.717) is 6.42 Å². The third kappa shape index (κ3) is 2.53. The van der Waals surface area contributed by atoms with E-state index in [-0.39, 0.29) is 5.92 Å². The van der Waals surface area contributed by atoms with Gasteiger partial charge in [-0.05, 0) is 27.2 Å². The zero-order valence-electron chi connectivity index (χ0n) is 13.7. The first-order valence-corrected chi connectivity index (χ1v) is 7.91. The Morgan fingerprint density at radius 3 is 2.50 bits per heavy atom. The molecule has 1 saturated heterocycles. The third-order valence-electron chi connectivity index (χ3n) is 5.03. The molecule has 0 amide bonds. The molecule has 0 spiro atoms. The summed E-state index contributed by atoms with van der Waals surface area (Å²) in [5.74, 6) is -5.13. The molecule has 6 unspecified atom stereocenters. The van der Waals surface area contributed by atoms with Crippen LogP contribution in [0, 0.1) is 29.1 Å². The van der Waals surface area contributed by atoms with Gasteiger partial charge in [-0.1, -0.05) is 0 Å². The maximum absolute atomic E-state index is 12.0. The normalized spacial score (nSPS) is 36.4. The fourth-order valence-corrected chi connectivity index (χ4v) is 4.01. The number of hydrogen-bond donors (Lipinski definition) is 1. The van der Waals surface area contributed by atoms with Crippen LogP contribution in [-0.2, 0) is 33.4 Å². The number of carbonyl (C=O) groups excluding carboxylic acids is 3. The van der Waals surface area contributed by atoms with Crippen molar-refractivity contribution < 1.29 is 38.5 Å². The lowest BCUT2D eigenvalue weighted by atomic mass is 9.78. The number of carboxylic acids is 1. The SMILES string of the molecule is CC(C)(C)C(=O)OCC(=O)OC1C2CC3C1OC(=O)C3C2C(=O)O. The molecule has 6 atom stereocenters. The van der Waals surface area contributed by atoms with Gasteiger partial charge in [0.1, 0.15) is 12.2 Å². The van der Waals surface area contributed by atoms with E-state index >= 15 is 0 Å². The molecule has 0 radical (unpaired) electrons. The predicted molar refractivity (Wildman–Crippen MR) is 76.4 cm³/mol. The smallest absolute Gasteiger partial charge is 0.344 e. The lowest BCUT2D eigenvalue weighted by Gasteiger charge is -2.29. The van der Waals surface area contributed by atoms with Gasteiger partial charge >= 0.3 is 23.9 Å². The highest BCUT2D eigenvalue weighted by Gasteiger charge is 2.69. The van der Waals surface area contributed by atoms with Gasteiger partial charge in [0.15, 0.2) is 6.61 Å². The average Bonchev–Trinajstić information content (AvgIpc) is 3.06. The minimum absolute atomic E-state index is 0.224. The van der Waals surface area contributed by atoms with Crippen LogP contribution in [0.1, 0.15) is 27.2 Å². The number of fused-ring (bicyclic) bond motifs is 1. The second-order valence-electron chi connectivity index (χ2n) is 7.64. The molecule has 3 aliphatic rings. The second kappa shape index (κ2) is 5.46. The number of carbonyl (C=O) groups is 4. The zero-order chi connectivity index (χ0) is 17.8. The van der Waals surface area contributed by atoms with Crippen LogP contribution in [0.4, 0.5) is 0 Å². The first kappa shape index (κ1) is 16.7. The molecular formula is C16H20O8. The van der Waals surface area contributed by atoms with E-state index in [4.69, 9.17) is 14.2 Å². The molecule has 0 aromatic rings. The molecule has 24 heavy (non-hydrogen) atoms. The quantitative estimate of drug-likeness (QED) is 0.577. The van der Waals surface area contributed by atoms with Crippen molar-refractivity contribution in [1.29, 1.82) is 0 Å². The van der Waals surface area contributed by atoms with Gasteiger partial charge in [-0.2, -0.15) is 0 Å². The van der Waals surface area contributed by atoms with Crippen molar-refractivity contribution in [3.05, 3.63) is 0 Å². The summed E-state index contributed by atoms with van der Waals surface area (Å²) in [5.41, 5.74) is -0.741. The summed E-state index contributed by atoms with van der Waals surface area (Å²) in [4.78, 5) is 47.0. The molecule has 8 nitrogen and oxygen atoms in total. The van der Waals surface area contributed by atoms with E-state index in [1.54, 1.807) is 20.8 Å². The Labute approximate surface area is 138 Å². The fraction of sp³-hybridized carbons (Fsp3) is 0.750. The summed E-state index contributed by atoms with van der Waals surface area (Å²) in [6.45, 7) is 4.43. The van der Waals surface area contributed by atoms with Crippen LogP contribution in [0.15, 0.2) is 0 Å². The van der Waals surface area contributed by atoms with Crippen molar-refractivity contribution >= 4 is 23.9 Å². The Morgan fingerprint density at radius 2 is 1.92 bits per heavy atom. The molecule has 1 N–H and O–H groups in total. The van der Waals surface area contributed by atoms with Gasteiger partial charge in [-0.25, -0.2) is 4.79 Å². The summed E-state index contributed by atoms with van der Waals surface area (Å²) in [6.07, 6.45) is -0.900. The van der Waals surface area contributed by atoms with Crippen LogP contribution >= 0.6 is 0 Å². The van der Waals surface area contributed by atoms with Crippen LogP contribution in [-0.4, -0.2) is 47.8 Å². The average molecular weight is 340 g/mol.